The first kappa shape index (κ1) is 14.3. The quantitative estimate of drug-likeness (QED) is 0.783. The van der Waals surface area contributed by atoms with Crippen LogP contribution in [0.2, 0.25) is 0 Å². The third kappa shape index (κ3) is 3.23. The first-order valence-corrected chi connectivity index (χ1v) is 6.85. The van der Waals surface area contributed by atoms with Gasteiger partial charge in [-0.1, -0.05) is 36.4 Å². The van der Waals surface area contributed by atoms with Gasteiger partial charge in [0.05, 0.1) is 0 Å². The van der Waals surface area contributed by atoms with Gasteiger partial charge < -0.3 is 4.90 Å². The van der Waals surface area contributed by atoms with E-state index in [1.54, 1.807) is 4.90 Å². The van der Waals surface area contributed by atoms with Crippen molar-refractivity contribution in [2.24, 2.45) is 0 Å². The Morgan fingerprint density at radius 3 is 2.45 bits per heavy atom. The molecular formula is C17H21N2O+. The molecule has 20 heavy (non-hydrogen) atoms. The molecule has 104 valence electrons. The normalized spacial score (nSPS) is 11.9. The predicted molar refractivity (Wildman–Crippen MR) is 79.0 cm³/mol. The molecule has 3 heteroatoms. The molecule has 1 aromatic heterocycles. The van der Waals surface area contributed by atoms with Gasteiger partial charge in [-0.25, -0.2) is 0 Å². The number of nitrogens with zero attached hydrogens (tertiary/aromatic N) is 2. The summed E-state index contributed by atoms with van der Waals surface area (Å²) >= 11 is 0. The van der Waals surface area contributed by atoms with E-state index in [0.29, 0.717) is 6.54 Å². The highest BCUT2D eigenvalue weighted by Crippen LogP contribution is 2.08. The van der Waals surface area contributed by atoms with Gasteiger partial charge in [-0.2, -0.15) is 4.57 Å². The van der Waals surface area contributed by atoms with Crippen molar-refractivity contribution in [3.63, 3.8) is 0 Å². The number of carbonyl (C=O) groups excluding carboxylic acids is 1. The summed E-state index contributed by atoms with van der Waals surface area (Å²) in [6.07, 6.45) is 1.95. The van der Waals surface area contributed by atoms with Crippen LogP contribution in [0.15, 0.2) is 54.7 Å². The lowest BCUT2D eigenvalue weighted by Crippen LogP contribution is -2.48. The first-order valence-electron chi connectivity index (χ1n) is 6.85. The van der Waals surface area contributed by atoms with E-state index in [1.165, 1.54) is 0 Å². The van der Waals surface area contributed by atoms with Gasteiger partial charge in [0.15, 0.2) is 11.9 Å². The Kier molecular flexibility index (Phi) is 4.51. The molecule has 2 rings (SSSR count). The Morgan fingerprint density at radius 2 is 1.80 bits per heavy atom. The van der Waals surface area contributed by atoms with Gasteiger partial charge in [0.1, 0.15) is 0 Å². The van der Waals surface area contributed by atoms with Crippen molar-refractivity contribution in [2.75, 3.05) is 7.05 Å². The van der Waals surface area contributed by atoms with Crippen LogP contribution in [0.5, 0.6) is 0 Å². The molecule has 1 amide bonds. The summed E-state index contributed by atoms with van der Waals surface area (Å²) in [5, 5.41) is 0. The molecular weight excluding hydrogens is 248 g/mol. The van der Waals surface area contributed by atoms with Gasteiger partial charge in [-0.05, 0) is 5.56 Å². The van der Waals surface area contributed by atoms with Crippen LogP contribution in [-0.2, 0) is 11.3 Å². The number of likely N-dealkylation sites (N-methyl/N-ethyl adjacent to an activating group) is 1. The monoisotopic (exact) mass is 269 g/mol. The molecule has 0 radical (unpaired) electrons. The second kappa shape index (κ2) is 6.33. The lowest BCUT2D eigenvalue weighted by molar-refractivity contribution is -0.712. The highest BCUT2D eigenvalue weighted by Gasteiger charge is 2.26. The summed E-state index contributed by atoms with van der Waals surface area (Å²) in [5.41, 5.74) is 2.23. The molecule has 0 saturated heterocycles. The summed E-state index contributed by atoms with van der Waals surface area (Å²) in [4.78, 5) is 14.3. The maximum absolute atomic E-state index is 12.5. The zero-order chi connectivity index (χ0) is 14.5. The van der Waals surface area contributed by atoms with Crippen LogP contribution in [-0.4, -0.2) is 17.9 Å². The minimum Gasteiger partial charge on any atom is -0.336 e. The van der Waals surface area contributed by atoms with Gasteiger partial charge >= 0.3 is 0 Å². The number of benzene rings is 1. The molecule has 0 aliphatic rings. The lowest BCUT2D eigenvalue weighted by Gasteiger charge is -2.19. The van der Waals surface area contributed by atoms with Crippen LogP contribution in [0.1, 0.15) is 24.2 Å². The van der Waals surface area contributed by atoms with E-state index in [1.807, 2.05) is 80.2 Å². The zero-order valence-corrected chi connectivity index (χ0v) is 12.3. The molecule has 0 saturated carbocycles. The van der Waals surface area contributed by atoms with Crippen molar-refractivity contribution < 1.29 is 9.36 Å². The fraction of sp³-hybridized carbons (Fsp3) is 0.294. The van der Waals surface area contributed by atoms with E-state index < -0.39 is 0 Å². The number of aromatic nitrogens is 1. The summed E-state index contributed by atoms with van der Waals surface area (Å²) in [6, 6.07) is 15.8. The van der Waals surface area contributed by atoms with E-state index in [9.17, 15) is 4.79 Å². The van der Waals surface area contributed by atoms with E-state index in [4.69, 9.17) is 0 Å². The fourth-order valence-electron chi connectivity index (χ4n) is 2.35. The van der Waals surface area contributed by atoms with Crippen LogP contribution in [0.25, 0.3) is 0 Å². The average Bonchev–Trinajstić information content (AvgIpc) is 2.47. The number of hydrogen-bond acceptors (Lipinski definition) is 1. The van der Waals surface area contributed by atoms with Crippen molar-refractivity contribution in [1.29, 1.82) is 0 Å². The second-order valence-corrected chi connectivity index (χ2v) is 5.11. The third-order valence-corrected chi connectivity index (χ3v) is 3.52. The van der Waals surface area contributed by atoms with Gasteiger partial charge in [0, 0.05) is 39.6 Å². The number of pyridine rings is 1. The van der Waals surface area contributed by atoms with E-state index in [-0.39, 0.29) is 11.9 Å². The molecule has 0 unspecified atom stereocenters. The molecule has 0 aliphatic carbocycles. The molecule has 3 nitrogen and oxygen atoms in total. The smallest absolute Gasteiger partial charge is 0.291 e. The number of amides is 1. The number of carbonyl (C=O) groups is 1. The van der Waals surface area contributed by atoms with Crippen molar-refractivity contribution in [3.8, 4) is 0 Å². The van der Waals surface area contributed by atoms with Gasteiger partial charge in [0.2, 0.25) is 6.04 Å². The van der Waals surface area contributed by atoms with Crippen molar-refractivity contribution in [1.82, 2.24) is 4.90 Å². The van der Waals surface area contributed by atoms with Crippen LogP contribution in [0.3, 0.4) is 0 Å². The van der Waals surface area contributed by atoms with Crippen LogP contribution in [0.4, 0.5) is 0 Å². The number of aryl methyl sites for hydroxylation is 1. The Labute approximate surface area is 120 Å². The third-order valence-electron chi connectivity index (χ3n) is 3.52. The summed E-state index contributed by atoms with van der Waals surface area (Å²) in [5.74, 6) is 0.119. The van der Waals surface area contributed by atoms with Crippen LogP contribution >= 0.6 is 0 Å². The first-order chi connectivity index (χ1) is 9.59. The molecule has 1 heterocycles. The maximum atomic E-state index is 12.5. The molecule has 0 spiro atoms. The molecule has 1 atom stereocenters. The molecule has 0 bridgehead atoms. The molecule has 1 aromatic carbocycles. The van der Waals surface area contributed by atoms with Crippen LogP contribution < -0.4 is 4.57 Å². The van der Waals surface area contributed by atoms with Gasteiger partial charge in [0.25, 0.3) is 5.91 Å². The Hall–Kier alpha value is -2.16. The predicted octanol–water partition coefficient (Wildman–Crippen LogP) is 2.50. The van der Waals surface area contributed by atoms with E-state index in [0.717, 1.165) is 11.3 Å². The zero-order valence-electron chi connectivity index (χ0n) is 12.3. The maximum Gasteiger partial charge on any atom is 0.291 e. The van der Waals surface area contributed by atoms with Crippen molar-refractivity contribution in [3.05, 3.63) is 66.0 Å². The van der Waals surface area contributed by atoms with E-state index >= 15 is 0 Å². The molecule has 0 fully saturated rings. The highest BCUT2D eigenvalue weighted by atomic mass is 16.2. The lowest BCUT2D eigenvalue weighted by atomic mass is 10.2. The average molecular weight is 269 g/mol. The summed E-state index contributed by atoms with van der Waals surface area (Å²) < 4.78 is 2.00. The van der Waals surface area contributed by atoms with Crippen LogP contribution in [0, 0.1) is 6.92 Å². The standard InChI is InChI=1S/C17H21N2O/c1-14-9-7-8-12-19(14)15(2)17(20)18(3)13-16-10-5-4-6-11-16/h4-12,15H,13H2,1-3H3/q+1/t15-/m0/s1. The second-order valence-electron chi connectivity index (χ2n) is 5.11. The molecule has 0 N–H and O–H groups in total. The minimum absolute atomic E-state index is 0.119. The number of rotatable bonds is 4. The number of hydrogen-bond donors (Lipinski definition) is 0. The van der Waals surface area contributed by atoms with Crippen molar-refractivity contribution >= 4 is 5.91 Å². The van der Waals surface area contributed by atoms with Crippen molar-refractivity contribution in [2.45, 2.75) is 26.4 Å². The van der Waals surface area contributed by atoms with E-state index in [2.05, 4.69) is 0 Å². The SMILES string of the molecule is Cc1cccc[n+]1[C@@H](C)C(=O)N(C)Cc1ccccc1. The summed E-state index contributed by atoms with van der Waals surface area (Å²) in [6.45, 7) is 4.59. The van der Waals surface area contributed by atoms with Gasteiger partial charge in [-0.3, -0.25) is 4.79 Å². The molecule has 0 aliphatic heterocycles. The largest absolute Gasteiger partial charge is 0.336 e. The Balaban J connectivity index is 2.09. The molecule has 2 aromatic rings. The minimum atomic E-state index is -0.190. The Bertz CT molecular complexity index is 581. The fourth-order valence-corrected chi connectivity index (χ4v) is 2.35. The highest BCUT2D eigenvalue weighted by molar-refractivity contribution is 5.78. The summed E-state index contributed by atoms with van der Waals surface area (Å²) in [7, 11) is 1.85. The topological polar surface area (TPSA) is 24.2 Å². The Morgan fingerprint density at radius 1 is 1.15 bits per heavy atom. The van der Waals surface area contributed by atoms with Gasteiger partial charge in [-0.15, -0.1) is 0 Å².